The van der Waals surface area contributed by atoms with Gasteiger partial charge in [-0.25, -0.2) is 0 Å². The van der Waals surface area contributed by atoms with Crippen molar-refractivity contribution in [3.05, 3.63) is 23.7 Å². The molecule has 0 aromatic carbocycles. The predicted octanol–water partition coefficient (Wildman–Crippen LogP) is 2.73. The van der Waals surface area contributed by atoms with Crippen molar-refractivity contribution in [1.29, 1.82) is 0 Å². The number of halogens is 3. The van der Waals surface area contributed by atoms with Crippen LogP contribution >= 0.6 is 12.6 Å². The number of rotatable bonds is 1. The third-order valence-corrected chi connectivity index (χ3v) is 1.41. The van der Waals surface area contributed by atoms with Crippen LogP contribution < -0.4 is 0 Å². The molecule has 0 spiro atoms. The summed E-state index contributed by atoms with van der Waals surface area (Å²) in [6.07, 6.45) is -4.39. The minimum Gasteiger partial charge on any atom is -0.456 e. The summed E-state index contributed by atoms with van der Waals surface area (Å²) in [6, 6.07) is 2.15. The summed E-state index contributed by atoms with van der Waals surface area (Å²) in [5.74, 6) is -0.571. The van der Waals surface area contributed by atoms with Gasteiger partial charge in [0.15, 0.2) is 0 Å². The third-order valence-electron chi connectivity index (χ3n) is 1.10. The Hall–Kier alpha value is -0.580. The third kappa shape index (κ3) is 1.92. The second-order valence-corrected chi connectivity index (χ2v) is 2.24. The van der Waals surface area contributed by atoms with Gasteiger partial charge in [-0.05, 0) is 12.1 Å². The number of hydrogen-bond donors (Lipinski definition) is 1. The zero-order chi connectivity index (χ0) is 8.48. The van der Waals surface area contributed by atoms with Crippen LogP contribution in [0.1, 0.15) is 11.5 Å². The van der Waals surface area contributed by atoms with Crippen molar-refractivity contribution in [2.75, 3.05) is 0 Å². The second kappa shape index (κ2) is 2.81. The average molecular weight is 182 g/mol. The van der Waals surface area contributed by atoms with Crippen LogP contribution in [0.15, 0.2) is 16.5 Å². The Bertz CT molecular complexity index is 240. The Morgan fingerprint density at radius 3 is 2.27 bits per heavy atom. The molecule has 1 rings (SSSR count). The van der Waals surface area contributed by atoms with Crippen LogP contribution in [0, 0.1) is 0 Å². The fraction of sp³-hybridized carbons (Fsp3) is 0.333. The largest absolute Gasteiger partial charge is 0.456 e. The number of furan rings is 1. The molecule has 11 heavy (non-hydrogen) atoms. The van der Waals surface area contributed by atoms with Gasteiger partial charge in [0.05, 0.1) is 0 Å². The van der Waals surface area contributed by atoms with E-state index in [4.69, 9.17) is 0 Å². The molecule has 0 bridgehead atoms. The van der Waals surface area contributed by atoms with E-state index in [0.29, 0.717) is 0 Å². The van der Waals surface area contributed by atoms with Crippen molar-refractivity contribution in [3.8, 4) is 0 Å². The standard InChI is InChI=1S/C6H5F3OS/c7-6(8,9)5-2-1-4(3-11)10-5/h1-2,11H,3H2. The van der Waals surface area contributed by atoms with E-state index in [0.717, 1.165) is 6.07 Å². The molecule has 0 amide bonds. The fourth-order valence-electron chi connectivity index (χ4n) is 0.615. The molecular weight excluding hydrogens is 177 g/mol. The van der Waals surface area contributed by atoms with E-state index >= 15 is 0 Å². The minimum atomic E-state index is -4.39. The first kappa shape index (κ1) is 8.52. The van der Waals surface area contributed by atoms with Crippen LogP contribution in [0.4, 0.5) is 13.2 Å². The molecular formula is C6H5F3OS. The van der Waals surface area contributed by atoms with Crippen LogP contribution in [-0.2, 0) is 11.9 Å². The lowest BCUT2D eigenvalue weighted by Gasteiger charge is -1.99. The molecule has 0 saturated heterocycles. The van der Waals surface area contributed by atoms with E-state index in [1.165, 1.54) is 6.07 Å². The van der Waals surface area contributed by atoms with E-state index in [1.54, 1.807) is 0 Å². The topological polar surface area (TPSA) is 13.1 Å². The van der Waals surface area contributed by atoms with Gasteiger partial charge in [0.1, 0.15) is 5.76 Å². The molecule has 62 valence electrons. The highest BCUT2D eigenvalue weighted by atomic mass is 32.1. The zero-order valence-corrected chi connectivity index (χ0v) is 6.25. The molecule has 0 fully saturated rings. The average Bonchev–Trinajstić information content (AvgIpc) is 2.32. The van der Waals surface area contributed by atoms with E-state index in [9.17, 15) is 13.2 Å². The minimum absolute atomic E-state index is 0.177. The van der Waals surface area contributed by atoms with Gasteiger partial charge >= 0.3 is 6.18 Å². The summed E-state index contributed by atoms with van der Waals surface area (Å²) in [4.78, 5) is 0. The Kier molecular flexibility index (Phi) is 2.17. The quantitative estimate of drug-likeness (QED) is 0.659. The molecule has 0 aliphatic rings. The lowest BCUT2D eigenvalue weighted by molar-refractivity contribution is -0.153. The molecule has 1 aromatic rings. The molecule has 0 aliphatic heterocycles. The highest BCUT2D eigenvalue weighted by Crippen LogP contribution is 2.30. The second-order valence-electron chi connectivity index (χ2n) is 1.92. The maximum atomic E-state index is 11.8. The molecule has 1 aromatic heterocycles. The molecule has 1 nitrogen and oxygen atoms in total. The highest BCUT2D eigenvalue weighted by Gasteiger charge is 2.34. The molecule has 1 heterocycles. The Balaban J connectivity index is 2.89. The van der Waals surface area contributed by atoms with Crippen LogP contribution in [0.2, 0.25) is 0 Å². The summed E-state index contributed by atoms with van der Waals surface area (Å²) in [7, 11) is 0. The van der Waals surface area contributed by atoms with Gasteiger partial charge in [-0.15, -0.1) is 0 Å². The normalized spacial score (nSPS) is 12.0. The molecule has 0 N–H and O–H groups in total. The summed E-state index contributed by atoms with van der Waals surface area (Å²) >= 11 is 3.76. The first-order chi connectivity index (χ1) is 5.04. The van der Waals surface area contributed by atoms with Crippen LogP contribution in [-0.4, -0.2) is 0 Å². The maximum Gasteiger partial charge on any atom is 0.449 e. The van der Waals surface area contributed by atoms with Gasteiger partial charge in [-0.3, -0.25) is 0 Å². The van der Waals surface area contributed by atoms with Gasteiger partial charge in [0.2, 0.25) is 5.76 Å². The Labute approximate surface area is 66.6 Å². The van der Waals surface area contributed by atoms with E-state index in [1.807, 2.05) is 0 Å². The molecule has 5 heteroatoms. The lowest BCUT2D eigenvalue weighted by Crippen LogP contribution is -2.01. The van der Waals surface area contributed by atoms with Crippen LogP contribution in [0.5, 0.6) is 0 Å². The van der Waals surface area contributed by atoms with Gasteiger partial charge in [0, 0.05) is 5.75 Å². The summed E-state index contributed by atoms with van der Waals surface area (Å²) in [6.45, 7) is 0. The molecule has 0 aliphatic carbocycles. The van der Waals surface area contributed by atoms with Crippen molar-refractivity contribution >= 4 is 12.6 Å². The smallest absolute Gasteiger partial charge is 0.449 e. The fourth-order valence-corrected chi connectivity index (χ4v) is 0.785. The van der Waals surface area contributed by atoms with Crippen molar-refractivity contribution in [3.63, 3.8) is 0 Å². The number of hydrogen-bond acceptors (Lipinski definition) is 2. The molecule has 0 radical (unpaired) electrons. The highest BCUT2D eigenvalue weighted by molar-refractivity contribution is 7.79. The first-order valence-corrected chi connectivity index (χ1v) is 3.44. The Morgan fingerprint density at radius 2 is 2.00 bits per heavy atom. The molecule has 0 saturated carbocycles. The SMILES string of the molecule is FC(F)(F)c1ccc(CS)o1. The summed E-state index contributed by atoms with van der Waals surface area (Å²) < 4.78 is 39.9. The number of alkyl halides is 3. The van der Waals surface area contributed by atoms with Crippen molar-refractivity contribution in [2.24, 2.45) is 0 Å². The van der Waals surface area contributed by atoms with Crippen molar-refractivity contribution in [2.45, 2.75) is 11.9 Å². The molecule has 0 unspecified atom stereocenters. The van der Waals surface area contributed by atoms with Crippen molar-refractivity contribution in [1.82, 2.24) is 0 Å². The van der Waals surface area contributed by atoms with Crippen molar-refractivity contribution < 1.29 is 17.6 Å². The molecule has 0 atom stereocenters. The van der Waals surface area contributed by atoms with Gasteiger partial charge in [-0.1, -0.05) is 0 Å². The number of thiol groups is 1. The van der Waals surface area contributed by atoms with Crippen LogP contribution in [0.25, 0.3) is 0 Å². The monoisotopic (exact) mass is 182 g/mol. The van der Waals surface area contributed by atoms with E-state index in [-0.39, 0.29) is 11.5 Å². The first-order valence-electron chi connectivity index (χ1n) is 2.81. The van der Waals surface area contributed by atoms with Crippen LogP contribution in [0.3, 0.4) is 0 Å². The van der Waals surface area contributed by atoms with Gasteiger partial charge in [-0.2, -0.15) is 25.8 Å². The zero-order valence-electron chi connectivity index (χ0n) is 5.35. The maximum absolute atomic E-state index is 11.8. The van der Waals surface area contributed by atoms with Gasteiger partial charge < -0.3 is 4.42 Å². The summed E-state index contributed by atoms with van der Waals surface area (Å²) in [5.41, 5.74) is 0. The Morgan fingerprint density at radius 1 is 1.36 bits per heavy atom. The lowest BCUT2D eigenvalue weighted by atomic mass is 10.4. The summed E-state index contributed by atoms with van der Waals surface area (Å²) in [5, 5.41) is 0. The van der Waals surface area contributed by atoms with E-state index in [2.05, 4.69) is 17.0 Å². The van der Waals surface area contributed by atoms with Gasteiger partial charge in [0.25, 0.3) is 0 Å². The van der Waals surface area contributed by atoms with E-state index < -0.39 is 11.9 Å². The predicted molar refractivity (Wildman–Crippen MR) is 36.4 cm³/mol.